The molecule has 0 bridgehead atoms. The lowest BCUT2D eigenvalue weighted by atomic mass is 10.2. The molecule has 4 rings (SSSR count). The van der Waals surface area contributed by atoms with Gasteiger partial charge in [0, 0.05) is 24.0 Å². The first-order valence-electron chi connectivity index (χ1n) is 8.31. The van der Waals surface area contributed by atoms with Crippen molar-refractivity contribution in [3.05, 3.63) is 56.9 Å². The zero-order valence-corrected chi connectivity index (χ0v) is 16.4. The van der Waals surface area contributed by atoms with Gasteiger partial charge >= 0.3 is 12.4 Å². The molecule has 0 spiro atoms. The van der Waals surface area contributed by atoms with Crippen LogP contribution >= 0.6 is 22.9 Å². The summed E-state index contributed by atoms with van der Waals surface area (Å²) in [6.07, 6.45) is -5.29. The standard InChI is InChI=1S/C16H9ClF6N6OS/c17-10-2-9(15(18,19)20)27-28(10)5-8-1-11(30)29-12(7-3-24-6-25-4-7)13(16(21,22)23)31-14(29)26-8/h1-4,6,9,27H,5H2. The van der Waals surface area contributed by atoms with Crippen molar-refractivity contribution in [1.82, 2.24) is 29.8 Å². The average molecular weight is 483 g/mol. The summed E-state index contributed by atoms with van der Waals surface area (Å²) in [5.41, 5.74) is 0.674. The van der Waals surface area contributed by atoms with Crippen LogP contribution in [0.25, 0.3) is 16.2 Å². The maximum absolute atomic E-state index is 13.6. The number of rotatable bonds is 3. The van der Waals surface area contributed by atoms with Crippen LogP contribution in [-0.2, 0) is 12.7 Å². The van der Waals surface area contributed by atoms with Crippen LogP contribution in [0.15, 0.2) is 40.8 Å². The van der Waals surface area contributed by atoms with Gasteiger partial charge in [0.1, 0.15) is 22.4 Å². The van der Waals surface area contributed by atoms with E-state index in [9.17, 15) is 31.1 Å². The number of nitrogens with zero attached hydrogens (tertiary/aromatic N) is 5. The van der Waals surface area contributed by atoms with Gasteiger partial charge in [0.15, 0.2) is 4.96 Å². The van der Waals surface area contributed by atoms with Gasteiger partial charge in [-0.3, -0.25) is 14.2 Å². The SMILES string of the molecule is O=c1cc(CN2NC(C(F)(F)F)C=C2Cl)nc2sc(C(F)(F)F)c(-c3cncnc3)n12. The van der Waals surface area contributed by atoms with E-state index in [0.29, 0.717) is 0 Å². The Balaban J connectivity index is 1.77. The molecule has 4 heterocycles. The lowest BCUT2D eigenvalue weighted by Gasteiger charge is -2.22. The summed E-state index contributed by atoms with van der Waals surface area (Å²) >= 11 is 6.03. The second-order valence-electron chi connectivity index (χ2n) is 6.33. The third-order valence-corrected chi connectivity index (χ3v) is 5.61. The van der Waals surface area contributed by atoms with Crippen molar-refractivity contribution in [1.29, 1.82) is 0 Å². The molecule has 1 unspecified atom stereocenters. The molecule has 3 aromatic rings. The highest BCUT2D eigenvalue weighted by Gasteiger charge is 2.43. The molecule has 15 heteroatoms. The van der Waals surface area contributed by atoms with Crippen molar-refractivity contribution in [2.24, 2.45) is 0 Å². The van der Waals surface area contributed by atoms with Crippen molar-refractivity contribution in [2.75, 3.05) is 0 Å². The fourth-order valence-corrected chi connectivity index (χ4v) is 4.20. The van der Waals surface area contributed by atoms with Crippen LogP contribution in [0.3, 0.4) is 0 Å². The molecular weight excluding hydrogens is 474 g/mol. The Kier molecular flexibility index (Phi) is 5.18. The van der Waals surface area contributed by atoms with Gasteiger partial charge in [0.25, 0.3) is 5.56 Å². The molecule has 7 nitrogen and oxygen atoms in total. The van der Waals surface area contributed by atoms with Crippen molar-refractivity contribution in [3.63, 3.8) is 0 Å². The Morgan fingerprint density at radius 3 is 2.42 bits per heavy atom. The van der Waals surface area contributed by atoms with Crippen LogP contribution in [-0.4, -0.2) is 36.6 Å². The molecule has 31 heavy (non-hydrogen) atoms. The minimum absolute atomic E-state index is 0.0436. The van der Waals surface area contributed by atoms with Crippen molar-refractivity contribution >= 4 is 27.9 Å². The summed E-state index contributed by atoms with van der Waals surface area (Å²) in [4.78, 5) is 22.7. The van der Waals surface area contributed by atoms with E-state index in [1.807, 2.05) is 0 Å². The number of nitrogens with one attached hydrogen (secondary N) is 1. The predicted molar refractivity (Wildman–Crippen MR) is 97.8 cm³/mol. The molecule has 0 saturated heterocycles. The monoisotopic (exact) mass is 482 g/mol. The molecule has 164 valence electrons. The molecule has 0 aromatic carbocycles. The quantitative estimate of drug-likeness (QED) is 0.454. The van der Waals surface area contributed by atoms with Gasteiger partial charge < -0.3 is 0 Å². The van der Waals surface area contributed by atoms with Gasteiger partial charge in [-0.2, -0.15) is 26.3 Å². The molecular formula is C16H9ClF6N6OS. The average Bonchev–Trinajstić information content (AvgIpc) is 3.24. The minimum Gasteiger partial charge on any atom is -0.291 e. The van der Waals surface area contributed by atoms with E-state index in [1.54, 1.807) is 0 Å². The van der Waals surface area contributed by atoms with Gasteiger partial charge in [-0.1, -0.05) is 22.9 Å². The van der Waals surface area contributed by atoms with E-state index < -0.39 is 34.5 Å². The maximum atomic E-state index is 13.6. The lowest BCUT2D eigenvalue weighted by Crippen LogP contribution is -2.44. The Morgan fingerprint density at radius 2 is 1.84 bits per heavy atom. The second kappa shape index (κ2) is 7.46. The van der Waals surface area contributed by atoms with Gasteiger partial charge in [-0.25, -0.2) is 20.4 Å². The molecule has 1 aliphatic heterocycles. The van der Waals surface area contributed by atoms with Gasteiger partial charge in [0.05, 0.1) is 17.9 Å². The lowest BCUT2D eigenvalue weighted by molar-refractivity contribution is -0.150. The number of thiazole rings is 1. The normalized spacial score (nSPS) is 17.5. The summed E-state index contributed by atoms with van der Waals surface area (Å²) in [5.74, 6) is 0. The fourth-order valence-electron chi connectivity index (χ4n) is 2.92. The molecule has 1 N–H and O–H groups in total. The fraction of sp³-hybridized carbons (Fsp3) is 0.250. The molecule has 1 aliphatic rings. The van der Waals surface area contributed by atoms with Gasteiger partial charge in [-0.15, -0.1) is 0 Å². The van der Waals surface area contributed by atoms with Gasteiger partial charge in [-0.05, 0) is 6.08 Å². The summed E-state index contributed by atoms with van der Waals surface area (Å²) in [7, 11) is 0. The Morgan fingerprint density at radius 1 is 1.16 bits per heavy atom. The molecule has 0 fully saturated rings. The summed E-state index contributed by atoms with van der Waals surface area (Å²) in [6.45, 7) is -0.378. The number of fused-ring (bicyclic) bond motifs is 1. The topological polar surface area (TPSA) is 75.4 Å². The third-order valence-electron chi connectivity index (χ3n) is 4.19. The largest absolute Gasteiger partial charge is 0.427 e. The first kappa shape index (κ1) is 21.5. The smallest absolute Gasteiger partial charge is 0.291 e. The first-order valence-corrected chi connectivity index (χ1v) is 9.50. The highest BCUT2D eigenvalue weighted by molar-refractivity contribution is 7.17. The second-order valence-corrected chi connectivity index (χ2v) is 7.70. The minimum atomic E-state index is -4.79. The molecule has 0 saturated carbocycles. The Hall–Kier alpha value is -2.71. The zero-order chi connectivity index (χ0) is 22.6. The molecule has 0 amide bonds. The van der Waals surface area contributed by atoms with Gasteiger partial charge in [0.2, 0.25) is 0 Å². The highest BCUT2D eigenvalue weighted by Crippen LogP contribution is 2.41. The predicted octanol–water partition coefficient (Wildman–Crippen LogP) is 3.56. The molecule has 0 aliphatic carbocycles. The van der Waals surface area contributed by atoms with Crippen molar-refractivity contribution in [2.45, 2.75) is 24.9 Å². The van der Waals surface area contributed by atoms with E-state index in [-0.39, 0.29) is 39.3 Å². The van der Waals surface area contributed by atoms with E-state index in [1.165, 1.54) is 0 Å². The number of alkyl halides is 6. The zero-order valence-electron chi connectivity index (χ0n) is 14.9. The molecule has 1 atom stereocenters. The molecule has 3 aromatic heterocycles. The van der Waals surface area contributed by atoms with Crippen molar-refractivity contribution < 1.29 is 26.3 Å². The summed E-state index contributed by atoms with van der Waals surface area (Å²) in [6, 6.07) is -1.10. The van der Waals surface area contributed by atoms with E-state index in [4.69, 9.17) is 11.6 Å². The van der Waals surface area contributed by atoms with E-state index in [0.717, 1.165) is 40.3 Å². The number of halogens is 7. The van der Waals surface area contributed by atoms with Crippen LogP contribution in [0, 0.1) is 0 Å². The number of hydrogen-bond donors (Lipinski definition) is 1. The van der Waals surface area contributed by atoms with E-state index in [2.05, 4.69) is 20.4 Å². The maximum Gasteiger partial charge on any atom is 0.427 e. The third kappa shape index (κ3) is 4.09. The van der Waals surface area contributed by atoms with Crippen molar-refractivity contribution in [3.8, 4) is 11.3 Å². The van der Waals surface area contributed by atoms with Crippen LogP contribution in [0.1, 0.15) is 10.6 Å². The number of aromatic nitrogens is 4. The van der Waals surface area contributed by atoms with Crippen LogP contribution in [0.5, 0.6) is 0 Å². The molecule has 0 radical (unpaired) electrons. The highest BCUT2D eigenvalue weighted by atomic mass is 35.5. The van der Waals surface area contributed by atoms with Crippen LogP contribution in [0.4, 0.5) is 26.3 Å². The summed E-state index contributed by atoms with van der Waals surface area (Å²) < 4.78 is 80.2. The summed E-state index contributed by atoms with van der Waals surface area (Å²) in [5, 5.41) is 0.621. The Bertz CT molecular complexity index is 1220. The van der Waals surface area contributed by atoms with E-state index >= 15 is 0 Å². The Labute approximate surface area is 177 Å². The van der Waals surface area contributed by atoms with Crippen LogP contribution < -0.4 is 11.0 Å². The number of hydrogen-bond acceptors (Lipinski definition) is 7. The van der Waals surface area contributed by atoms with Crippen LogP contribution in [0.2, 0.25) is 0 Å². The first-order chi connectivity index (χ1) is 14.4. The number of hydrazine groups is 1.